The third-order valence-corrected chi connectivity index (χ3v) is 4.59. The number of hydrogen-bond acceptors (Lipinski definition) is 2. The van der Waals surface area contributed by atoms with Crippen LogP contribution >= 0.6 is 39.1 Å². The van der Waals surface area contributed by atoms with Gasteiger partial charge in [-0.1, -0.05) is 45.2 Å². The summed E-state index contributed by atoms with van der Waals surface area (Å²) in [5.41, 5.74) is 1.71. The van der Waals surface area contributed by atoms with Gasteiger partial charge in [0.25, 0.3) is 0 Å². The molecule has 1 unspecified atom stereocenters. The molecule has 104 valence electrons. The van der Waals surface area contributed by atoms with Gasteiger partial charge in [0, 0.05) is 16.5 Å². The van der Waals surface area contributed by atoms with Gasteiger partial charge in [0.2, 0.25) is 0 Å². The Kier molecular flexibility index (Phi) is 3.95. The van der Waals surface area contributed by atoms with Crippen molar-refractivity contribution in [3.8, 4) is 5.75 Å². The van der Waals surface area contributed by atoms with Crippen LogP contribution in [0.3, 0.4) is 0 Å². The van der Waals surface area contributed by atoms with Gasteiger partial charge in [-0.2, -0.15) is 0 Å². The Morgan fingerprint density at radius 3 is 2.65 bits per heavy atom. The number of aliphatic hydroxyl groups is 1. The van der Waals surface area contributed by atoms with E-state index >= 15 is 0 Å². The smallest absolute Gasteiger partial charge is 0.127 e. The summed E-state index contributed by atoms with van der Waals surface area (Å²) in [5.74, 6) is 0.697. The summed E-state index contributed by atoms with van der Waals surface area (Å²) in [6.45, 7) is 0. The van der Waals surface area contributed by atoms with Crippen LogP contribution in [0.25, 0.3) is 0 Å². The minimum Gasteiger partial charge on any atom is -0.485 e. The molecule has 5 heteroatoms. The second-order valence-electron chi connectivity index (χ2n) is 4.71. The molecule has 2 aromatic rings. The highest BCUT2D eigenvalue weighted by molar-refractivity contribution is 9.10. The van der Waals surface area contributed by atoms with E-state index in [4.69, 9.17) is 27.9 Å². The second kappa shape index (κ2) is 5.57. The molecule has 0 bridgehead atoms. The van der Waals surface area contributed by atoms with Crippen molar-refractivity contribution in [2.45, 2.75) is 18.6 Å². The first-order valence-corrected chi connectivity index (χ1v) is 7.68. The fraction of sp³-hybridized carbons (Fsp3) is 0.200. The summed E-state index contributed by atoms with van der Waals surface area (Å²) < 4.78 is 6.88. The van der Waals surface area contributed by atoms with Crippen LogP contribution in [0, 0.1) is 0 Å². The maximum atomic E-state index is 10.3. The van der Waals surface area contributed by atoms with E-state index in [1.807, 2.05) is 24.3 Å². The van der Waals surface area contributed by atoms with Gasteiger partial charge in [0.05, 0.1) is 16.1 Å². The number of ether oxygens (including phenoxy) is 1. The molecule has 1 heterocycles. The maximum absolute atomic E-state index is 10.3. The molecule has 20 heavy (non-hydrogen) atoms. The fourth-order valence-electron chi connectivity index (χ4n) is 2.33. The van der Waals surface area contributed by atoms with Crippen LogP contribution in [-0.2, 0) is 0 Å². The van der Waals surface area contributed by atoms with Gasteiger partial charge in [-0.05, 0) is 35.9 Å². The second-order valence-corrected chi connectivity index (χ2v) is 6.44. The summed E-state index contributed by atoms with van der Waals surface area (Å²) in [6, 6.07) is 11.0. The molecule has 0 aromatic heterocycles. The van der Waals surface area contributed by atoms with Gasteiger partial charge in [-0.3, -0.25) is 0 Å². The SMILES string of the molecule is O[C@@H]1CC(c2ccc(Cl)c(Cl)c2)Oc2ccc(Br)cc21. The van der Waals surface area contributed by atoms with Gasteiger partial charge < -0.3 is 9.84 Å². The van der Waals surface area contributed by atoms with E-state index in [1.165, 1.54) is 0 Å². The Hall–Kier alpha value is -0.740. The van der Waals surface area contributed by atoms with Crippen molar-refractivity contribution in [1.82, 2.24) is 0 Å². The van der Waals surface area contributed by atoms with Crippen LogP contribution in [0.1, 0.15) is 29.8 Å². The van der Waals surface area contributed by atoms with Crippen LogP contribution in [0.15, 0.2) is 40.9 Å². The summed E-state index contributed by atoms with van der Waals surface area (Å²) in [7, 11) is 0. The molecule has 2 atom stereocenters. The van der Waals surface area contributed by atoms with E-state index in [2.05, 4.69) is 15.9 Å². The molecule has 2 nitrogen and oxygen atoms in total. The lowest BCUT2D eigenvalue weighted by Gasteiger charge is -2.30. The summed E-state index contributed by atoms with van der Waals surface area (Å²) >= 11 is 15.4. The number of aliphatic hydroxyl groups excluding tert-OH is 1. The van der Waals surface area contributed by atoms with E-state index in [0.717, 1.165) is 15.6 Å². The summed E-state index contributed by atoms with van der Waals surface area (Å²) in [4.78, 5) is 0. The molecular formula is C15H11BrCl2O2. The van der Waals surface area contributed by atoms with Crippen molar-refractivity contribution in [1.29, 1.82) is 0 Å². The van der Waals surface area contributed by atoms with E-state index in [9.17, 15) is 5.11 Å². The predicted molar refractivity (Wildman–Crippen MR) is 83.5 cm³/mol. The van der Waals surface area contributed by atoms with Crippen molar-refractivity contribution in [2.75, 3.05) is 0 Å². The average molecular weight is 374 g/mol. The molecule has 0 saturated carbocycles. The number of rotatable bonds is 1. The van der Waals surface area contributed by atoms with Gasteiger partial charge in [0.15, 0.2) is 0 Å². The molecule has 2 aromatic carbocycles. The van der Waals surface area contributed by atoms with E-state index in [0.29, 0.717) is 22.2 Å². The molecule has 0 aliphatic carbocycles. The lowest BCUT2D eigenvalue weighted by Crippen LogP contribution is -2.19. The number of benzene rings is 2. The van der Waals surface area contributed by atoms with Crippen molar-refractivity contribution in [3.63, 3.8) is 0 Å². The zero-order valence-electron chi connectivity index (χ0n) is 10.3. The maximum Gasteiger partial charge on any atom is 0.127 e. The Bertz CT molecular complexity index is 660. The molecule has 0 spiro atoms. The lowest BCUT2D eigenvalue weighted by atomic mass is 9.95. The number of hydrogen-bond donors (Lipinski definition) is 1. The molecule has 1 aliphatic heterocycles. The van der Waals surface area contributed by atoms with Crippen molar-refractivity contribution in [2.24, 2.45) is 0 Å². The molecule has 0 fully saturated rings. The molecule has 0 radical (unpaired) electrons. The molecule has 1 N–H and O–H groups in total. The Morgan fingerprint density at radius 2 is 1.90 bits per heavy atom. The largest absolute Gasteiger partial charge is 0.485 e. The highest BCUT2D eigenvalue weighted by Crippen LogP contribution is 2.42. The zero-order chi connectivity index (χ0) is 14.3. The molecule has 1 aliphatic rings. The zero-order valence-corrected chi connectivity index (χ0v) is 13.4. The topological polar surface area (TPSA) is 29.5 Å². The van der Waals surface area contributed by atoms with Gasteiger partial charge in [0.1, 0.15) is 11.9 Å². The van der Waals surface area contributed by atoms with Crippen molar-refractivity contribution in [3.05, 3.63) is 62.0 Å². The average Bonchev–Trinajstić information content (AvgIpc) is 2.42. The molecule has 3 rings (SSSR count). The van der Waals surface area contributed by atoms with Crippen LogP contribution in [0.4, 0.5) is 0 Å². The fourth-order valence-corrected chi connectivity index (χ4v) is 3.02. The minimum absolute atomic E-state index is 0.228. The van der Waals surface area contributed by atoms with Crippen molar-refractivity contribution < 1.29 is 9.84 Å². The first-order chi connectivity index (χ1) is 9.54. The standard InChI is InChI=1S/C15H11BrCl2O2/c16-9-2-4-14-10(6-9)13(19)7-15(20-14)8-1-3-11(17)12(18)5-8/h1-6,13,15,19H,7H2/t13-,15?/m1/s1. The lowest BCUT2D eigenvalue weighted by molar-refractivity contribution is 0.0657. The van der Waals surface area contributed by atoms with Gasteiger partial charge in [-0.15, -0.1) is 0 Å². The normalized spacial score (nSPS) is 21.2. The van der Waals surface area contributed by atoms with Crippen molar-refractivity contribution >= 4 is 39.1 Å². The third-order valence-electron chi connectivity index (χ3n) is 3.35. The van der Waals surface area contributed by atoms with E-state index in [1.54, 1.807) is 12.1 Å². The Labute approximate surface area is 135 Å². The van der Waals surface area contributed by atoms with Crippen LogP contribution in [0.2, 0.25) is 10.0 Å². The Morgan fingerprint density at radius 1 is 1.10 bits per heavy atom. The first kappa shape index (κ1) is 14.2. The molecule has 0 amide bonds. The van der Waals surface area contributed by atoms with Crippen LogP contribution in [0.5, 0.6) is 5.75 Å². The minimum atomic E-state index is -0.560. The summed E-state index contributed by atoms with van der Waals surface area (Å²) in [5, 5.41) is 11.3. The number of fused-ring (bicyclic) bond motifs is 1. The predicted octanol–water partition coefficient (Wildman–Crippen LogP) is 5.31. The van der Waals surface area contributed by atoms with Gasteiger partial charge >= 0.3 is 0 Å². The molecular weight excluding hydrogens is 363 g/mol. The third kappa shape index (κ3) is 2.68. The molecule has 0 saturated heterocycles. The van der Waals surface area contributed by atoms with Crippen LogP contribution < -0.4 is 4.74 Å². The first-order valence-electron chi connectivity index (χ1n) is 6.13. The van der Waals surface area contributed by atoms with E-state index in [-0.39, 0.29) is 6.10 Å². The van der Waals surface area contributed by atoms with E-state index < -0.39 is 6.10 Å². The van der Waals surface area contributed by atoms with Crippen LogP contribution in [-0.4, -0.2) is 5.11 Å². The monoisotopic (exact) mass is 372 g/mol. The highest BCUT2D eigenvalue weighted by atomic mass is 79.9. The highest BCUT2D eigenvalue weighted by Gasteiger charge is 2.28. The Balaban J connectivity index is 1.94. The number of halogens is 3. The summed E-state index contributed by atoms with van der Waals surface area (Å²) in [6.07, 6.45) is -0.300. The van der Waals surface area contributed by atoms with Gasteiger partial charge in [-0.25, -0.2) is 0 Å². The quantitative estimate of drug-likeness (QED) is 0.733.